The molecule has 11 aromatic rings. The minimum absolute atomic E-state index is 0.185. The van der Waals surface area contributed by atoms with E-state index in [1.165, 1.54) is 98.1 Å². The normalized spacial score (nSPS) is 12.6. The number of fused-ring (bicyclic) bond motifs is 6. The Morgan fingerprint density at radius 3 is 1.28 bits per heavy atom. The summed E-state index contributed by atoms with van der Waals surface area (Å²) in [5, 5.41) is 2.64. The summed E-state index contributed by atoms with van der Waals surface area (Å²) in [6, 6.07) is 87.1. The molecule has 65 heavy (non-hydrogen) atoms. The highest BCUT2D eigenvalue weighted by molar-refractivity contribution is 7.25. The predicted molar refractivity (Wildman–Crippen MR) is 279 cm³/mol. The van der Waals surface area contributed by atoms with E-state index < -0.39 is 0 Å². The fourth-order valence-corrected chi connectivity index (χ4v) is 11.1. The predicted octanol–water partition coefficient (Wildman–Crippen LogP) is 18.2. The van der Waals surface area contributed by atoms with E-state index in [9.17, 15) is 0 Å². The molecule has 0 aliphatic heterocycles. The lowest BCUT2D eigenvalue weighted by Gasteiger charge is -2.28. The quantitative estimate of drug-likeness (QED) is 0.147. The van der Waals surface area contributed by atoms with Crippen molar-refractivity contribution in [1.29, 1.82) is 0 Å². The molecule has 2 heteroatoms. The third-order valence-electron chi connectivity index (χ3n) is 13.5. The summed E-state index contributed by atoms with van der Waals surface area (Å²) in [7, 11) is 0. The van der Waals surface area contributed by atoms with Crippen LogP contribution < -0.4 is 4.90 Å². The first kappa shape index (κ1) is 38.9. The first-order valence-corrected chi connectivity index (χ1v) is 23.3. The van der Waals surface area contributed by atoms with Gasteiger partial charge in [0.15, 0.2) is 0 Å². The van der Waals surface area contributed by atoms with Crippen molar-refractivity contribution in [2.24, 2.45) is 0 Å². The van der Waals surface area contributed by atoms with Crippen LogP contribution in [0.4, 0.5) is 17.1 Å². The molecule has 10 aromatic carbocycles. The Kier molecular flexibility index (Phi) is 9.44. The molecule has 1 aliphatic rings. The van der Waals surface area contributed by atoms with Crippen molar-refractivity contribution in [1.82, 2.24) is 0 Å². The van der Waals surface area contributed by atoms with Gasteiger partial charge in [0.1, 0.15) is 0 Å². The summed E-state index contributed by atoms with van der Waals surface area (Å²) in [6.07, 6.45) is 0. The van der Waals surface area contributed by atoms with Gasteiger partial charge in [0.2, 0.25) is 0 Å². The maximum Gasteiger partial charge on any atom is 0.0465 e. The zero-order valence-corrected chi connectivity index (χ0v) is 37.2. The van der Waals surface area contributed by atoms with Crippen molar-refractivity contribution in [3.8, 4) is 66.8 Å². The number of rotatable bonds is 8. The van der Waals surface area contributed by atoms with Crippen molar-refractivity contribution in [3.63, 3.8) is 0 Å². The molecule has 1 aromatic heterocycles. The Bertz CT molecular complexity index is 3470. The maximum atomic E-state index is 2.43. The molecule has 0 N–H and O–H groups in total. The Balaban J connectivity index is 0.955. The molecular formula is C63H45NS. The topological polar surface area (TPSA) is 3.24 Å². The van der Waals surface area contributed by atoms with Crippen LogP contribution in [0.15, 0.2) is 237 Å². The highest BCUT2D eigenvalue weighted by Gasteiger charge is 2.36. The van der Waals surface area contributed by atoms with E-state index in [4.69, 9.17) is 0 Å². The van der Waals surface area contributed by atoms with Crippen molar-refractivity contribution < 1.29 is 0 Å². The first-order valence-electron chi connectivity index (χ1n) is 22.5. The van der Waals surface area contributed by atoms with Gasteiger partial charge in [0.05, 0.1) is 0 Å². The van der Waals surface area contributed by atoms with Crippen molar-refractivity contribution in [2.45, 2.75) is 19.3 Å². The lowest BCUT2D eigenvalue weighted by Crippen LogP contribution is -2.16. The smallest absolute Gasteiger partial charge is 0.0465 e. The van der Waals surface area contributed by atoms with Crippen LogP contribution in [0.1, 0.15) is 25.0 Å². The third-order valence-corrected chi connectivity index (χ3v) is 14.6. The first-order chi connectivity index (χ1) is 31.9. The van der Waals surface area contributed by atoms with E-state index in [0.717, 1.165) is 17.1 Å². The molecule has 0 radical (unpaired) electrons. The van der Waals surface area contributed by atoms with Crippen LogP contribution in [0.5, 0.6) is 0 Å². The van der Waals surface area contributed by atoms with Gasteiger partial charge in [-0.1, -0.05) is 172 Å². The lowest BCUT2D eigenvalue weighted by molar-refractivity contribution is 0.660. The SMILES string of the molecule is CC1(C)c2cc(-c3ccccc3)ccc2-c2ccc(N(c3ccc(-c4cc(-c5ccccc5)cc(-c5ccccc5)c4)cc3)c3ccc(-c4ccc5sc6ccccc6c5c4)cc3)cc21. The molecule has 12 rings (SSSR count). The molecule has 0 fully saturated rings. The molecule has 308 valence electrons. The summed E-state index contributed by atoms with van der Waals surface area (Å²) in [5.74, 6) is 0. The zero-order chi connectivity index (χ0) is 43.5. The zero-order valence-electron chi connectivity index (χ0n) is 36.4. The van der Waals surface area contributed by atoms with Gasteiger partial charge in [-0.3, -0.25) is 0 Å². The summed E-state index contributed by atoms with van der Waals surface area (Å²) < 4.78 is 2.65. The second-order valence-electron chi connectivity index (χ2n) is 17.8. The molecule has 0 bridgehead atoms. The number of hydrogen-bond donors (Lipinski definition) is 0. The summed E-state index contributed by atoms with van der Waals surface area (Å²) >= 11 is 1.86. The summed E-state index contributed by atoms with van der Waals surface area (Å²) in [4.78, 5) is 2.42. The van der Waals surface area contributed by atoms with E-state index >= 15 is 0 Å². The number of anilines is 3. The van der Waals surface area contributed by atoms with Gasteiger partial charge >= 0.3 is 0 Å². The monoisotopic (exact) mass is 847 g/mol. The molecule has 0 spiro atoms. The van der Waals surface area contributed by atoms with Gasteiger partial charge in [-0.05, 0) is 157 Å². The third kappa shape index (κ3) is 6.95. The van der Waals surface area contributed by atoms with Crippen LogP contribution in [0.25, 0.3) is 86.9 Å². The molecule has 1 aliphatic carbocycles. The van der Waals surface area contributed by atoms with Gasteiger partial charge in [-0.15, -0.1) is 11.3 Å². The minimum atomic E-state index is -0.185. The summed E-state index contributed by atoms with van der Waals surface area (Å²) in [5.41, 5.74) is 20.6. The fraction of sp³-hybridized carbons (Fsp3) is 0.0476. The molecule has 1 nitrogen and oxygen atoms in total. The van der Waals surface area contributed by atoms with Crippen LogP contribution >= 0.6 is 11.3 Å². The van der Waals surface area contributed by atoms with Crippen LogP contribution in [0.2, 0.25) is 0 Å². The van der Waals surface area contributed by atoms with Crippen LogP contribution in [-0.4, -0.2) is 0 Å². The second-order valence-corrected chi connectivity index (χ2v) is 18.8. The van der Waals surface area contributed by atoms with Crippen molar-refractivity contribution in [2.75, 3.05) is 4.90 Å². The van der Waals surface area contributed by atoms with E-state index in [-0.39, 0.29) is 5.41 Å². The van der Waals surface area contributed by atoms with Crippen LogP contribution in [0.3, 0.4) is 0 Å². The average molecular weight is 848 g/mol. The van der Waals surface area contributed by atoms with E-state index in [1.54, 1.807) is 0 Å². The molecule has 0 atom stereocenters. The van der Waals surface area contributed by atoms with Crippen LogP contribution in [-0.2, 0) is 5.41 Å². The van der Waals surface area contributed by atoms with Crippen LogP contribution in [0, 0.1) is 0 Å². The van der Waals surface area contributed by atoms with Gasteiger partial charge < -0.3 is 4.90 Å². The molecule has 0 unspecified atom stereocenters. The molecule has 0 saturated carbocycles. The highest BCUT2D eigenvalue weighted by atomic mass is 32.1. The Morgan fingerprint density at radius 1 is 0.292 bits per heavy atom. The summed E-state index contributed by atoms with van der Waals surface area (Å²) in [6.45, 7) is 4.76. The lowest BCUT2D eigenvalue weighted by atomic mass is 9.81. The Hall–Kier alpha value is -7.78. The molecule has 0 amide bonds. The Labute approximate surface area is 385 Å². The van der Waals surface area contributed by atoms with Gasteiger partial charge in [-0.2, -0.15) is 0 Å². The fourth-order valence-electron chi connectivity index (χ4n) is 10.0. The number of hydrogen-bond acceptors (Lipinski definition) is 2. The molecular weight excluding hydrogens is 803 g/mol. The van der Waals surface area contributed by atoms with Gasteiger partial charge in [0.25, 0.3) is 0 Å². The standard InChI is InChI=1S/C63H45NS/c1-63(2)59-40-48(42-14-6-3-7-15-42)26-33-55(59)56-34-32-54(41-60(56)63)64(52-28-22-45(23-29-52)47-27-35-62-58(39-47)57-20-12-13-21-61(57)65-62)53-30-24-46(25-31-53)51-37-49(43-16-8-4-9-17-43)36-50(38-51)44-18-10-5-11-19-44/h3-41H,1-2H3. The maximum absolute atomic E-state index is 2.43. The molecule has 0 saturated heterocycles. The van der Waals surface area contributed by atoms with Gasteiger partial charge in [0, 0.05) is 42.6 Å². The van der Waals surface area contributed by atoms with Crippen molar-refractivity contribution >= 4 is 48.6 Å². The highest BCUT2D eigenvalue weighted by Crippen LogP contribution is 2.52. The minimum Gasteiger partial charge on any atom is -0.310 e. The second kappa shape index (κ2) is 15.8. The van der Waals surface area contributed by atoms with Crippen molar-refractivity contribution in [3.05, 3.63) is 248 Å². The average Bonchev–Trinajstić information content (AvgIpc) is 3.85. The van der Waals surface area contributed by atoms with E-state index in [2.05, 4.69) is 255 Å². The number of benzene rings is 10. The largest absolute Gasteiger partial charge is 0.310 e. The van der Waals surface area contributed by atoms with E-state index in [0.29, 0.717) is 0 Å². The molecule has 1 heterocycles. The number of nitrogens with zero attached hydrogens (tertiary/aromatic N) is 1. The number of thiophene rings is 1. The van der Waals surface area contributed by atoms with Gasteiger partial charge in [-0.25, -0.2) is 0 Å². The Morgan fingerprint density at radius 2 is 0.692 bits per heavy atom. The van der Waals surface area contributed by atoms with E-state index in [1.807, 2.05) is 11.3 Å².